The van der Waals surface area contributed by atoms with Crippen molar-refractivity contribution in [1.29, 1.82) is 0 Å². The zero-order chi connectivity index (χ0) is 12.8. The maximum absolute atomic E-state index is 11.8. The van der Waals surface area contributed by atoms with Crippen LogP contribution < -0.4 is 16.6 Å². The summed E-state index contributed by atoms with van der Waals surface area (Å²) in [6, 6.07) is 0.113. The second-order valence-corrected chi connectivity index (χ2v) is 4.08. The van der Waals surface area contributed by atoms with Crippen LogP contribution in [-0.4, -0.2) is 21.9 Å². The summed E-state index contributed by atoms with van der Waals surface area (Å²) in [5.74, 6) is 5.80. The number of hydrogen-bond acceptors (Lipinski definition) is 5. The molecule has 1 aromatic rings. The van der Waals surface area contributed by atoms with Gasteiger partial charge < -0.3 is 10.7 Å². The molecule has 1 aromatic heterocycles. The van der Waals surface area contributed by atoms with E-state index in [4.69, 9.17) is 5.84 Å². The monoisotopic (exact) mass is 237 g/mol. The summed E-state index contributed by atoms with van der Waals surface area (Å²) in [5, 5.41) is 2.89. The molecule has 1 rings (SSSR count). The Morgan fingerprint density at radius 1 is 1.41 bits per heavy atom. The molecular weight excluding hydrogens is 218 g/mol. The topological polar surface area (TPSA) is 92.9 Å². The smallest absolute Gasteiger partial charge is 0.271 e. The van der Waals surface area contributed by atoms with E-state index >= 15 is 0 Å². The Morgan fingerprint density at radius 3 is 2.59 bits per heavy atom. The van der Waals surface area contributed by atoms with Gasteiger partial charge in [-0.25, -0.2) is 15.8 Å². The van der Waals surface area contributed by atoms with E-state index in [-0.39, 0.29) is 11.9 Å². The van der Waals surface area contributed by atoms with Gasteiger partial charge in [0.25, 0.3) is 5.91 Å². The van der Waals surface area contributed by atoms with Crippen molar-refractivity contribution < 1.29 is 4.79 Å². The molecule has 1 heterocycles. The molecule has 6 heteroatoms. The predicted octanol–water partition coefficient (Wildman–Crippen LogP) is 0.927. The molecule has 94 valence electrons. The first-order valence-corrected chi connectivity index (χ1v) is 5.68. The Morgan fingerprint density at radius 2 is 2.12 bits per heavy atom. The van der Waals surface area contributed by atoms with Gasteiger partial charge in [-0.2, -0.15) is 0 Å². The highest BCUT2D eigenvalue weighted by atomic mass is 16.1. The number of rotatable bonds is 5. The Kier molecular flexibility index (Phi) is 4.84. The molecule has 0 aliphatic heterocycles. The molecule has 0 radical (unpaired) electrons. The van der Waals surface area contributed by atoms with Crippen LogP contribution in [0, 0.1) is 5.92 Å². The van der Waals surface area contributed by atoms with E-state index in [0.29, 0.717) is 17.4 Å². The van der Waals surface area contributed by atoms with Crippen LogP contribution >= 0.6 is 0 Å². The minimum Gasteiger partial charge on any atom is -0.348 e. The van der Waals surface area contributed by atoms with Crippen molar-refractivity contribution in [2.24, 2.45) is 11.8 Å². The van der Waals surface area contributed by atoms with E-state index in [1.54, 1.807) is 0 Å². The summed E-state index contributed by atoms with van der Waals surface area (Å²) >= 11 is 0. The van der Waals surface area contributed by atoms with Crippen LogP contribution in [0.25, 0.3) is 0 Å². The summed E-state index contributed by atoms with van der Waals surface area (Å²) in [5.41, 5.74) is 2.65. The molecule has 0 spiro atoms. The molecule has 0 saturated carbocycles. The van der Waals surface area contributed by atoms with Gasteiger partial charge in [-0.1, -0.05) is 20.3 Å². The lowest BCUT2D eigenvalue weighted by atomic mass is 10.0. The van der Waals surface area contributed by atoms with E-state index < -0.39 is 0 Å². The number of nitrogens with two attached hydrogens (primary N) is 1. The van der Waals surface area contributed by atoms with Crippen LogP contribution in [0.3, 0.4) is 0 Å². The Hall–Kier alpha value is -1.69. The van der Waals surface area contributed by atoms with Gasteiger partial charge in [0, 0.05) is 6.04 Å². The molecule has 0 fully saturated rings. The largest absolute Gasteiger partial charge is 0.348 e. The molecular formula is C11H19N5O. The van der Waals surface area contributed by atoms with Crippen molar-refractivity contribution in [3.8, 4) is 0 Å². The average Bonchev–Trinajstić information content (AvgIpc) is 2.37. The molecule has 1 amide bonds. The molecule has 17 heavy (non-hydrogen) atoms. The zero-order valence-electron chi connectivity index (χ0n) is 10.4. The van der Waals surface area contributed by atoms with Crippen LogP contribution in [0.1, 0.15) is 37.7 Å². The van der Waals surface area contributed by atoms with Gasteiger partial charge >= 0.3 is 0 Å². The summed E-state index contributed by atoms with van der Waals surface area (Å²) in [7, 11) is 0. The lowest BCUT2D eigenvalue weighted by molar-refractivity contribution is 0.0922. The Bertz CT molecular complexity index is 365. The molecule has 2 atom stereocenters. The van der Waals surface area contributed by atoms with Gasteiger partial charge in [-0.3, -0.25) is 4.79 Å². The normalized spacial score (nSPS) is 13.9. The number of hydrazine groups is 1. The SMILES string of the molecule is CCC(C)C(C)NC(=O)c1cnc(NN)cn1. The first-order valence-electron chi connectivity index (χ1n) is 5.68. The second kappa shape index (κ2) is 6.15. The molecule has 0 bridgehead atoms. The number of nitrogen functional groups attached to an aromatic ring is 1. The third kappa shape index (κ3) is 3.67. The zero-order valence-corrected chi connectivity index (χ0v) is 10.4. The van der Waals surface area contributed by atoms with E-state index in [1.165, 1.54) is 12.4 Å². The van der Waals surface area contributed by atoms with Crippen LogP contribution in [0.4, 0.5) is 5.82 Å². The standard InChI is InChI=1S/C11H19N5O/c1-4-7(2)8(3)15-11(17)9-5-14-10(16-12)6-13-9/h5-8H,4,12H2,1-3H3,(H,14,16)(H,15,17). The van der Waals surface area contributed by atoms with E-state index in [1.807, 2.05) is 6.92 Å². The molecule has 0 aliphatic carbocycles. The number of hydrogen-bond donors (Lipinski definition) is 3. The first-order chi connectivity index (χ1) is 8.08. The average molecular weight is 237 g/mol. The van der Waals surface area contributed by atoms with Crippen LogP contribution in [0.2, 0.25) is 0 Å². The number of carbonyl (C=O) groups excluding carboxylic acids is 1. The van der Waals surface area contributed by atoms with Crippen molar-refractivity contribution in [2.45, 2.75) is 33.2 Å². The highest BCUT2D eigenvalue weighted by molar-refractivity contribution is 5.92. The highest BCUT2D eigenvalue weighted by Gasteiger charge is 2.15. The number of aromatic nitrogens is 2. The maximum atomic E-state index is 11.8. The summed E-state index contributed by atoms with van der Waals surface area (Å²) < 4.78 is 0. The van der Waals surface area contributed by atoms with Crippen molar-refractivity contribution >= 4 is 11.7 Å². The number of nitrogens with one attached hydrogen (secondary N) is 2. The van der Waals surface area contributed by atoms with Crippen LogP contribution in [0.15, 0.2) is 12.4 Å². The number of nitrogens with zero attached hydrogens (tertiary/aromatic N) is 2. The van der Waals surface area contributed by atoms with E-state index in [2.05, 4.69) is 34.6 Å². The fourth-order valence-electron chi connectivity index (χ4n) is 1.30. The number of carbonyl (C=O) groups is 1. The number of amides is 1. The van der Waals surface area contributed by atoms with Crippen molar-refractivity contribution in [3.05, 3.63) is 18.1 Å². The van der Waals surface area contributed by atoms with Gasteiger partial charge in [-0.05, 0) is 12.8 Å². The van der Waals surface area contributed by atoms with Crippen molar-refractivity contribution in [2.75, 3.05) is 5.43 Å². The summed E-state index contributed by atoms with van der Waals surface area (Å²) in [4.78, 5) is 19.7. The Balaban J connectivity index is 2.63. The van der Waals surface area contributed by atoms with Gasteiger partial charge in [0.05, 0.1) is 12.4 Å². The first kappa shape index (κ1) is 13.4. The van der Waals surface area contributed by atoms with Gasteiger partial charge in [0.1, 0.15) is 5.69 Å². The van der Waals surface area contributed by atoms with Gasteiger partial charge in [0.15, 0.2) is 5.82 Å². The molecule has 4 N–H and O–H groups in total. The van der Waals surface area contributed by atoms with Crippen LogP contribution in [0.5, 0.6) is 0 Å². The summed E-state index contributed by atoms with van der Waals surface area (Å²) in [6.07, 6.45) is 3.83. The highest BCUT2D eigenvalue weighted by Crippen LogP contribution is 2.07. The Labute approximate surface area is 101 Å². The van der Waals surface area contributed by atoms with Gasteiger partial charge in [-0.15, -0.1) is 0 Å². The predicted molar refractivity (Wildman–Crippen MR) is 66.2 cm³/mol. The lowest BCUT2D eigenvalue weighted by Crippen LogP contribution is -2.37. The van der Waals surface area contributed by atoms with Gasteiger partial charge in [0.2, 0.25) is 0 Å². The third-order valence-corrected chi connectivity index (χ3v) is 2.89. The molecule has 2 unspecified atom stereocenters. The number of anilines is 1. The second-order valence-electron chi connectivity index (χ2n) is 4.08. The van der Waals surface area contributed by atoms with Crippen molar-refractivity contribution in [1.82, 2.24) is 15.3 Å². The fraction of sp³-hybridized carbons (Fsp3) is 0.545. The van der Waals surface area contributed by atoms with Crippen molar-refractivity contribution in [3.63, 3.8) is 0 Å². The van der Waals surface area contributed by atoms with Crippen LogP contribution in [-0.2, 0) is 0 Å². The molecule has 6 nitrogen and oxygen atoms in total. The maximum Gasteiger partial charge on any atom is 0.271 e. The minimum absolute atomic E-state index is 0.113. The minimum atomic E-state index is -0.214. The molecule has 0 saturated heterocycles. The van der Waals surface area contributed by atoms with E-state index in [9.17, 15) is 4.79 Å². The lowest BCUT2D eigenvalue weighted by Gasteiger charge is -2.19. The quantitative estimate of drug-likeness (QED) is 0.523. The summed E-state index contributed by atoms with van der Waals surface area (Å²) in [6.45, 7) is 6.17. The fourth-order valence-corrected chi connectivity index (χ4v) is 1.30. The molecule has 0 aliphatic rings. The third-order valence-electron chi connectivity index (χ3n) is 2.89. The van der Waals surface area contributed by atoms with E-state index in [0.717, 1.165) is 6.42 Å². The molecule has 0 aromatic carbocycles.